The molecule has 0 spiro atoms. The Morgan fingerprint density at radius 1 is 1.02 bits per heavy atom. The number of hydrogen-bond donors (Lipinski definition) is 3. The summed E-state index contributed by atoms with van der Waals surface area (Å²) in [4.78, 5) is 53.9. The predicted molar refractivity (Wildman–Crippen MR) is 159 cm³/mol. The molecule has 13 nitrogen and oxygen atoms in total. The number of aromatic nitrogens is 3. The third kappa shape index (κ3) is 7.71. The molecule has 0 unspecified atom stereocenters. The van der Waals surface area contributed by atoms with E-state index in [2.05, 4.69) is 26.3 Å². The van der Waals surface area contributed by atoms with Crippen LogP contribution in [-0.4, -0.2) is 89.0 Å². The zero-order chi connectivity index (χ0) is 30.9. The second kappa shape index (κ2) is 14.5. The minimum atomic E-state index is -0.904. The van der Waals surface area contributed by atoms with Crippen LogP contribution < -0.4 is 25.4 Å². The quantitative estimate of drug-likeness (QED) is 0.397. The van der Waals surface area contributed by atoms with Crippen molar-refractivity contribution in [2.75, 3.05) is 33.4 Å². The van der Waals surface area contributed by atoms with Crippen molar-refractivity contribution in [1.29, 1.82) is 0 Å². The van der Waals surface area contributed by atoms with Gasteiger partial charge in [0.2, 0.25) is 17.7 Å². The number of nitrogens with one attached hydrogen (secondary N) is 3. The maximum absolute atomic E-state index is 13.6. The summed E-state index contributed by atoms with van der Waals surface area (Å²) >= 11 is 0. The van der Waals surface area contributed by atoms with Crippen LogP contribution in [0, 0.1) is 0 Å². The number of carbonyl (C=O) groups is 4. The van der Waals surface area contributed by atoms with Gasteiger partial charge in [0.05, 0.1) is 25.0 Å². The number of para-hydroxylation sites is 1. The van der Waals surface area contributed by atoms with Gasteiger partial charge < -0.3 is 30.3 Å². The number of nitrogens with zero attached hydrogens (tertiary/aromatic N) is 4. The second-order valence-electron chi connectivity index (χ2n) is 10.8. The van der Waals surface area contributed by atoms with Gasteiger partial charge >= 0.3 is 0 Å². The smallest absolute Gasteiger partial charge is 0.255 e. The Labute approximate surface area is 255 Å². The molecule has 44 heavy (non-hydrogen) atoms. The first kappa shape index (κ1) is 30.5. The average molecular weight is 604 g/mol. The summed E-state index contributed by atoms with van der Waals surface area (Å²) in [6.07, 6.45) is 3.84. The topological polar surface area (TPSA) is 157 Å². The molecule has 0 radical (unpaired) electrons. The van der Waals surface area contributed by atoms with Gasteiger partial charge in [0.15, 0.2) is 11.5 Å². The van der Waals surface area contributed by atoms with Crippen LogP contribution >= 0.6 is 0 Å². The standard InChI is InChI=1S/C31H37N7O6/c1-43-26-10-5-9-23-28(26)44-18-6-15-38-20-22(35-36-38)13-16-37(31(42)24-11-12-27(39)33-24)17-14-32-30(41)25(34-29(23)40)19-21-7-3-2-4-8-21/h2-5,7-10,20,24-25H,6,11-19H2,1H3,(H,32,41)(H,33,39)(H,34,40)/t24-,25-/m0/s1. The Morgan fingerprint density at radius 3 is 2.64 bits per heavy atom. The van der Waals surface area contributed by atoms with Crippen LogP contribution in [0.25, 0.3) is 0 Å². The number of aryl methyl sites for hydroxylation is 1. The van der Waals surface area contributed by atoms with Crippen molar-refractivity contribution in [1.82, 2.24) is 35.8 Å². The Kier molecular flexibility index (Phi) is 10.1. The van der Waals surface area contributed by atoms with Gasteiger partial charge in [0.1, 0.15) is 12.1 Å². The summed E-state index contributed by atoms with van der Waals surface area (Å²) in [7, 11) is 1.50. The highest BCUT2D eigenvalue weighted by molar-refractivity contribution is 6.00. The molecule has 1 fully saturated rings. The fraction of sp³-hybridized carbons (Fsp3) is 0.419. The number of fused-ring (bicyclic) bond motifs is 3. The number of methoxy groups -OCH3 is 1. The number of hydrogen-bond acceptors (Lipinski definition) is 8. The van der Waals surface area contributed by atoms with E-state index in [4.69, 9.17) is 9.47 Å². The lowest BCUT2D eigenvalue weighted by Crippen LogP contribution is -2.51. The monoisotopic (exact) mass is 603 g/mol. The molecule has 1 saturated heterocycles. The highest BCUT2D eigenvalue weighted by Crippen LogP contribution is 2.31. The number of ether oxygens (including phenoxy) is 2. The van der Waals surface area contributed by atoms with Gasteiger partial charge in [-0.1, -0.05) is 41.6 Å². The van der Waals surface area contributed by atoms with E-state index in [9.17, 15) is 19.2 Å². The van der Waals surface area contributed by atoms with Crippen LogP contribution in [0.15, 0.2) is 54.7 Å². The van der Waals surface area contributed by atoms with Crippen LogP contribution in [-0.2, 0) is 33.8 Å². The lowest BCUT2D eigenvalue weighted by atomic mass is 10.0. The number of carbonyl (C=O) groups excluding carboxylic acids is 4. The molecule has 0 saturated carbocycles. The van der Waals surface area contributed by atoms with Crippen LogP contribution in [0.3, 0.4) is 0 Å². The fourth-order valence-electron chi connectivity index (χ4n) is 5.30. The van der Waals surface area contributed by atoms with Crippen molar-refractivity contribution >= 4 is 23.6 Å². The summed E-state index contributed by atoms with van der Waals surface area (Å²) in [6, 6.07) is 12.9. The highest BCUT2D eigenvalue weighted by atomic mass is 16.5. The fourth-order valence-corrected chi connectivity index (χ4v) is 5.30. The summed E-state index contributed by atoms with van der Waals surface area (Å²) in [5.74, 6) is -0.548. The van der Waals surface area contributed by atoms with Crippen molar-refractivity contribution in [3.05, 3.63) is 71.5 Å². The van der Waals surface area contributed by atoms with Gasteiger partial charge in [0, 0.05) is 58.1 Å². The number of rotatable bonds is 4. The Bertz CT molecular complexity index is 1480. The van der Waals surface area contributed by atoms with Gasteiger partial charge in [-0.3, -0.25) is 23.9 Å². The zero-order valence-corrected chi connectivity index (χ0v) is 24.7. The van der Waals surface area contributed by atoms with E-state index in [1.54, 1.807) is 27.8 Å². The first-order valence-electron chi connectivity index (χ1n) is 14.8. The molecule has 4 amide bonds. The summed E-state index contributed by atoms with van der Waals surface area (Å²) < 4.78 is 13.2. The third-order valence-corrected chi connectivity index (χ3v) is 7.64. The molecule has 5 rings (SSSR count). The van der Waals surface area contributed by atoms with E-state index < -0.39 is 23.9 Å². The number of amides is 4. The van der Waals surface area contributed by atoms with Crippen molar-refractivity contribution in [2.45, 2.75) is 50.7 Å². The molecule has 13 heteroatoms. The van der Waals surface area contributed by atoms with Crippen molar-refractivity contribution < 1.29 is 28.7 Å². The molecule has 2 bridgehead atoms. The van der Waals surface area contributed by atoms with Crippen LogP contribution in [0.4, 0.5) is 0 Å². The molecule has 2 aliphatic rings. The maximum atomic E-state index is 13.6. The molecule has 2 aromatic carbocycles. The summed E-state index contributed by atoms with van der Waals surface area (Å²) in [5, 5.41) is 17.0. The van der Waals surface area contributed by atoms with Gasteiger partial charge in [-0.15, -0.1) is 5.10 Å². The molecule has 3 aromatic rings. The summed E-state index contributed by atoms with van der Waals surface area (Å²) in [5.41, 5.74) is 1.83. The van der Waals surface area contributed by atoms with Gasteiger partial charge in [-0.05, 0) is 24.1 Å². The Morgan fingerprint density at radius 2 is 1.86 bits per heavy atom. The molecule has 2 aliphatic heterocycles. The molecular weight excluding hydrogens is 566 g/mol. The molecular formula is C31H37N7O6. The van der Waals surface area contributed by atoms with E-state index in [1.807, 2.05) is 36.5 Å². The van der Waals surface area contributed by atoms with Crippen LogP contribution in [0.1, 0.15) is 40.9 Å². The SMILES string of the molecule is COc1cccc2c1OCCCn1cc(nn1)CCN(C(=O)[C@@H]1CCC(=O)N1)CCNC(=O)[C@H](Cc1ccccc1)NC2=O. The normalized spacial score (nSPS) is 20.1. The van der Waals surface area contributed by atoms with E-state index in [-0.39, 0.29) is 49.2 Å². The van der Waals surface area contributed by atoms with E-state index in [0.717, 1.165) is 5.56 Å². The lowest BCUT2D eigenvalue weighted by molar-refractivity contribution is -0.134. The van der Waals surface area contributed by atoms with Crippen LogP contribution in [0.2, 0.25) is 0 Å². The minimum Gasteiger partial charge on any atom is -0.493 e. The summed E-state index contributed by atoms with van der Waals surface area (Å²) in [6.45, 7) is 1.50. The first-order chi connectivity index (χ1) is 21.4. The molecule has 1 aromatic heterocycles. The van der Waals surface area contributed by atoms with Gasteiger partial charge in [-0.25, -0.2) is 0 Å². The van der Waals surface area contributed by atoms with Crippen molar-refractivity contribution in [3.8, 4) is 11.5 Å². The van der Waals surface area contributed by atoms with Crippen molar-refractivity contribution in [3.63, 3.8) is 0 Å². The largest absolute Gasteiger partial charge is 0.493 e. The molecule has 232 valence electrons. The third-order valence-electron chi connectivity index (χ3n) is 7.64. The maximum Gasteiger partial charge on any atom is 0.255 e. The van der Waals surface area contributed by atoms with Gasteiger partial charge in [0.25, 0.3) is 5.91 Å². The zero-order valence-electron chi connectivity index (χ0n) is 24.7. The number of benzene rings is 2. The van der Waals surface area contributed by atoms with E-state index in [0.29, 0.717) is 50.2 Å². The Balaban J connectivity index is 1.40. The highest BCUT2D eigenvalue weighted by Gasteiger charge is 2.31. The molecule has 3 N–H and O–H groups in total. The Hall–Kier alpha value is -4.94. The predicted octanol–water partition coefficient (Wildman–Crippen LogP) is 0.876. The molecule has 2 atom stereocenters. The van der Waals surface area contributed by atoms with Crippen molar-refractivity contribution in [2.24, 2.45) is 0 Å². The van der Waals surface area contributed by atoms with Gasteiger partial charge in [-0.2, -0.15) is 0 Å². The first-order valence-corrected chi connectivity index (χ1v) is 14.8. The average Bonchev–Trinajstić information content (AvgIpc) is 3.68. The second-order valence-corrected chi connectivity index (χ2v) is 10.8. The lowest BCUT2D eigenvalue weighted by Gasteiger charge is -2.26. The van der Waals surface area contributed by atoms with E-state index in [1.165, 1.54) is 7.11 Å². The molecule has 0 aliphatic carbocycles. The van der Waals surface area contributed by atoms with Crippen LogP contribution in [0.5, 0.6) is 11.5 Å². The van der Waals surface area contributed by atoms with E-state index >= 15 is 0 Å². The molecule has 3 heterocycles. The minimum absolute atomic E-state index is 0.145.